The molecule has 0 bridgehead atoms. The third kappa shape index (κ3) is 3.36. The Balaban J connectivity index is 1.88. The molecule has 0 aromatic heterocycles. The van der Waals surface area contributed by atoms with E-state index in [9.17, 15) is 34.2 Å². The van der Waals surface area contributed by atoms with Crippen LogP contribution in [0.5, 0.6) is 5.75 Å². The predicted molar refractivity (Wildman–Crippen MR) is 125 cm³/mol. The van der Waals surface area contributed by atoms with E-state index in [1.807, 2.05) is 13.8 Å². The van der Waals surface area contributed by atoms with Gasteiger partial charge in [0.15, 0.2) is 34.7 Å². The normalized spacial score (nSPS) is 32.4. The number of hydrogen-bond acceptors (Lipinski definition) is 10. The minimum Gasteiger partial charge on any atom is -0.505 e. The van der Waals surface area contributed by atoms with E-state index in [-0.39, 0.29) is 30.1 Å². The Bertz CT molecular complexity index is 1180. The van der Waals surface area contributed by atoms with Crippen molar-refractivity contribution in [1.29, 1.82) is 0 Å². The molecule has 11 nitrogen and oxygen atoms in total. The summed E-state index contributed by atoms with van der Waals surface area (Å²) in [7, 11) is 3.08. The van der Waals surface area contributed by atoms with E-state index in [4.69, 9.17) is 11.5 Å². The second kappa shape index (κ2) is 8.13. The molecule has 0 radical (unpaired) electrons. The summed E-state index contributed by atoms with van der Waals surface area (Å²) in [5.41, 5.74) is 9.34. The van der Waals surface area contributed by atoms with Gasteiger partial charge >= 0.3 is 0 Å². The Kier molecular flexibility index (Phi) is 5.76. The molecule has 3 aliphatic rings. The van der Waals surface area contributed by atoms with E-state index in [0.717, 1.165) is 0 Å². The zero-order valence-electron chi connectivity index (χ0n) is 20.0. The number of primary amides is 1. The van der Waals surface area contributed by atoms with Crippen molar-refractivity contribution in [3.05, 3.63) is 17.2 Å². The first-order chi connectivity index (χ1) is 16.2. The summed E-state index contributed by atoms with van der Waals surface area (Å²) in [4.78, 5) is 67.2. The minimum absolute atomic E-state index is 0.00382. The van der Waals surface area contributed by atoms with Gasteiger partial charge < -0.3 is 27.0 Å². The maximum absolute atomic E-state index is 13.7. The Labute approximate surface area is 201 Å². The monoisotopic (exact) mass is 486 g/mol. The second-order valence-electron chi connectivity index (χ2n) is 10.3. The number of rotatable bonds is 4. The van der Waals surface area contributed by atoms with Gasteiger partial charge in [0.2, 0.25) is 5.91 Å². The predicted octanol–water partition coefficient (Wildman–Crippen LogP) is -0.730. The number of fused-ring (bicyclic) bond motifs is 3. The number of phenols is 1. The Morgan fingerprint density at radius 3 is 2.37 bits per heavy atom. The number of aliphatic hydroxyl groups is 1. The van der Waals surface area contributed by atoms with E-state index in [1.165, 1.54) is 11.0 Å². The standard InChI is InChI=1S/C24H30N4O7/c1-8(2)27-13-7-12(25)18(29)15-10(13)5-9-6-11-17(28(3)4)20(31)16(23(26)34)22(33)24(11,35)21(32)14(9)19(15)30/h7-9,11,14,16-17,27,29,35H,5-6,25H2,1-4H3,(H2,26,34)/t9?,11?,14?,16?,17-,24-/m0/s1. The molecule has 0 aliphatic heterocycles. The highest BCUT2D eigenvalue weighted by molar-refractivity contribution is 6.32. The molecule has 188 valence electrons. The maximum Gasteiger partial charge on any atom is 0.235 e. The van der Waals surface area contributed by atoms with Crippen LogP contribution in [0, 0.1) is 23.7 Å². The molecule has 7 N–H and O–H groups in total. The number of nitrogens with two attached hydrogens (primary N) is 2. The van der Waals surface area contributed by atoms with Gasteiger partial charge in [0.1, 0.15) is 5.75 Å². The van der Waals surface area contributed by atoms with Crippen LogP contribution in [0.15, 0.2) is 6.07 Å². The summed E-state index contributed by atoms with van der Waals surface area (Å²) in [6.45, 7) is 3.78. The highest BCUT2D eigenvalue weighted by Crippen LogP contribution is 2.52. The fourth-order valence-electron chi connectivity index (χ4n) is 6.13. The van der Waals surface area contributed by atoms with Gasteiger partial charge in [0.05, 0.1) is 23.2 Å². The molecule has 0 saturated heterocycles. The van der Waals surface area contributed by atoms with E-state index < -0.39 is 70.1 Å². The van der Waals surface area contributed by atoms with E-state index >= 15 is 0 Å². The van der Waals surface area contributed by atoms with Gasteiger partial charge in [-0.25, -0.2) is 0 Å². The molecule has 2 fully saturated rings. The van der Waals surface area contributed by atoms with Crippen LogP contribution in [0.2, 0.25) is 0 Å². The lowest BCUT2D eigenvalue weighted by atomic mass is 9.52. The molecule has 2 saturated carbocycles. The highest BCUT2D eigenvalue weighted by Gasteiger charge is 2.69. The number of hydrogen-bond donors (Lipinski definition) is 5. The molecule has 0 spiro atoms. The number of Topliss-reactive ketones (excluding diaryl/α,β-unsaturated/α-hetero) is 4. The van der Waals surface area contributed by atoms with Gasteiger partial charge in [-0.2, -0.15) is 0 Å². The van der Waals surface area contributed by atoms with E-state index in [2.05, 4.69) is 5.32 Å². The Hall–Kier alpha value is -3.31. The summed E-state index contributed by atoms with van der Waals surface area (Å²) < 4.78 is 0. The van der Waals surface area contributed by atoms with Crippen molar-refractivity contribution in [1.82, 2.24) is 4.90 Å². The molecular formula is C24H30N4O7. The van der Waals surface area contributed by atoms with Crippen LogP contribution in [0.4, 0.5) is 11.4 Å². The summed E-state index contributed by atoms with van der Waals surface area (Å²) in [6.07, 6.45) is 0.172. The molecule has 6 atom stereocenters. The molecule has 11 heteroatoms. The van der Waals surface area contributed by atoms with E-state index in [0.29, 0.717) is 11.3 Å². The number of ketones is 4. The van der Waals surface area contributed by atoms with Crippen LogP contribution < -0.4 is 16.8 Å². The number of carbonyl (C=O) groups excluding carboxylic acids is 5. The zero-order chi connectivity index (χ0) is 26.1. The topological polar surface area (TPSA) is 193 Å². The number of amides is 1. The summed E-state index contributed by atoms with van der Waals surface area (Å²) in [5, 5.41) is 25.4. The maximum atomic E-state index is 13.7. The summed E-state index contributed by atoms with van der Waals surface area (Å²) >= 11 is 0. The molecule has 4 rings (SSSR count). The molecule has 1 amide bonds. The summed E-state index contributed by atoms with van der Waals surface area (Å²) in [5.74, 6) is -10.9. The average molecular weight is 487 g/mol. The van der Waals surface area contributed by atoms with Crippen LogP contribution >= 0.6 is 0 Å². The molecule has 3 aliphatic carbocycles. The number of likely N-dealkylation sites (N-methyl/N-ethyl adjacent to an activating group) is 1. The summed E-state index contributed by atoms with van der Waals surface area (Å²) in [6, 6.07) is 0.368. The SMILES string of the molecule is CC(C)Nc1cc(N)c(O)c2c1CC1CC3[C@H](N(C)C)C(=O)C(C(N)=O)C(=O)[C@@]3(O)C(=O)C1C2=O. The molecule has 4 unspecified atom stereocenters. The van der Waals surface area contributed by atoms with Gasteiger partial charge in [0, 0.05) is 17.6 Å². The first kappa shape index (κ1) is 24.8. The number of anilines is 2. The number of nitrogens with zero attached hydrogens (tertiary/aromatic N) is 1. The average Bonchev–Trinajstić information content (AvgIpc) is 2.73. The van der Waals surface area contributed by atoms with Gasteiger partial charge in [-0.15, -0.1) is 0 Å². The van der Waals surface area contributed by atoms with Crippen molar-refractivity contribution >= 4 is 40.4 Å². The quantitative estimate of drug-likeness (QED) is 0.157. The van der Waals surface area contributed by atoms with Gasteiger partial charge in [-0.1, -0.05) is 0 Å². The lowest BCUT2D eigenvalue weighted by Crippen LogP contribution is -2.74. The minimum atomic E-state index is -2.74. The lowest BCUT2D eigenvalue weighted by Gasteiger charge is -2.52. The number of aromatic hydroxyl groups is 1. The number of nitrogen functional groups attached to an aromatic ring is 1. The fraction of sp³-hybridized carbons (Fsp3) is 0.542. The third-order valence-electron chi connectivity index (χ3n) is 7.54. The Morgan fingerprint density at radius 2 is 1.83 bits per heavy atom. The number of benzene rings is 1. The molecular weight excluding hydrogens is 456 g/mol. The van der Waals surface area contributed by atoms with Crippen LogP contribution in [0.25, 0.3) is 0 Å². The smallest absolute Gasteiger partial charge is 0.235 e. The highest BCUT2D eigenvalue weighted by atomic mass is 16.3. The van der Waals surface area contributed by atoms with Crippen molar-refractivity contribution in [3.63, 3.8) is 0 Å². The van der Waals surface area contributed by atoms with Crippen molar-refractivity contribution in [2.75, 3.05) is 25.1 Å². The second-order valence-corrected chi connectivity index (χ2v) is 10.3. The van der Waals surface area contributed by atoms with Gasteiger partial charge in [-0.05, 0) is 58.3 Å². The molecule has 1 aromatic carbocycles. The van der Waals surface area contributed by atoms with Crippen LogP contribution in [0.3, 0.4) is 0 Å². The van der Waals surface area contributed by atoms with Gasteiger partial charge in [-0.3, -0.25) is 28.9 Å². The van der Waals surface area contributed by atoms with Crippen LogP contribution in [0.1, 0.15) is 36.2 Å². The van der Waals surface area contributed by atoms with Crippen molar-refractivity contribution in [2.45, 2.75) is 44.4 Å². The molecule has 1 aromatic rings. The zero-order valence-corrected chi connectivity index (χ0v) is 20.0. The van der Waals surface area contributed by atoms with Crippen molar-refractivity contribution in [3.8, 4) is 5.75 Å². The van der Waals surface area contributed by atoms with E-state index in [1.54, 1.807) is 14.1 Å². The fourth-order valence-corrected chi connectivity index (χ4v) is 6.13. The first-order valence-corrected chi connectivity index (χ1v) is 11.5. The van der Waals surface area contributed by atoms with Crippen LogP contribution in [-0.2, 0) is 25.6 Å². The molecule has 0 heterocycles. The Morgan fingerprint density at radius 1 is 1.20 bits per heavy atom. The largest absolute Gasteiger partial charge is 0.505 e. The van der Waals surface area contributed by atoms with Gasteiger partial charge in [0.25, 0.3) is 0 Å². The first-order valence-electron chi connectivity index (χ1n) is 11.5. The number of nitrogens with one attached hydrogen (secondary N) is 1. The van der Waals surface area contributed by atoms with Crippen LogP contribution in [-0.4, -0.2) is 75.9 Å². The lowest BCUT2D eigenvalue weighted by molar-refractivity contribution is -0.181. The number of phenolic OH excluding ortho intramolecular Hbond substituents is 1. The third-order valence-corrected chi connectivity index (χ3v) is 7.54. The molecule has 35 heavy (non-hydrogen) atoms. The van der Waals surface area contributed by atoms with Crippen molar-refractivity contribution in [2.24, 2.45) is 29.4 Å². The van der Waals surface area contributed by atoms with Crippen molar-refractivity contribution < 1.29 is 34.2 Å². The number of carbonyl (C=O) groups is 5.